The molecule has 4 heteroatoms. The Balaban J connectivity index is 1.54. The molecule has 2 heterocycles. The predicted molar refractivity (Wildman–Crippen MR) is 75.3 cm³/mol. The minimum absolute atomic E-state index is 0.336. The third kappa shape index (κ3) is 4.35. The van der Waals surface area contributed by atoms with Crippen LogP contribution in [0.5, 0.6) is 0 Å². The molecule has 2 rings (SSSR count). The second-order valence-electron chi connectivity index (χ2n) is 4.83. The zero-order valence-corrected chi connectivity index (χ0v) is 12.1. The van der Waals surface area contributed by atoms with E-state index in [1.165, 1.54) is 16.2 Å². The highest BCUT2D eigenvalue weighted by molar-refractivity contribution is 7.12. The lowest BCUT2D eigenvalue weighted by molar-refractivity contribution is 0.0179. The first-order valence-electron chi connectivity index (χ1n) is 6.75. The van der Waals surface area contributed by atoms with Gasteiger partial charge in [-0.25, -0.2) is 0 Å². The molecule has 3 nitrogen and oxygen atoms in total. The third-order valence-electron chi connectivity index (χ3n) is 3.21. The van der Waals surface area contributed by atoms with Crippen LogP contribution in [0.2, 0.25) is 0 Å². The molecule has 0 saturated carbocycles. The average Bonchev–Trinajstić information content (AvgIpc) is 2.99. The maximum absolute atomic E-state index is 5.62. The number of aryl methyl sites for hydroxylation is 1. The fraction of sp³-hybridized carbons (Fsp3) is 0.714. The molecule has 0 aliphatic carbocycles. The van der Waals surface area contributed by atoms with Gasteiger partial charge in [-0.1, -0.05) is 0 Å². The number of ether oxygens (including phenoxy) is 2. The lowest BCUT2D eigenvalue weighted by Gasteiger charge is -2.13. The van der Waals surface area contributed by atoms with Crippen LogP contribution >= 0.6 is 11.3 Å². The van der Waals surface area contributed by atoms with Crippen molar-refractivity contribution in [3.63, 3.8) is 0 Å². The van der Waals surface area contributed by atoms with E-state index >= 15 is 0 Å². The highest BCUT2D eigenvalue weighted by Crippen LogP contribution is 2.21. The Morgan fingerprint density at radius 2 is 2.44 bits per heavy atom. The summed E-state index contributed by atoms with van der Waals surface area (Å²) in [5, 5.41) is 3.48. The van der Waals surface area contributed by atoms with Crippen molar-refractivity contribution in [2.75, 3.05) is 26.4 Å². The second-order valence-corrected chi connectivity index (χ2v) is 6.15. The third-order valence-corrected chi connectivity index (χ3v) is 4.40. The zero-order chi connectivity index (χ0) is 12.8. The first-order valence-corrected chi connectivity index (χ1v) is 7.56. The molecule has 1 fully saturated rings. The topological polar surface area (TPSA) is 30.5 Å². The second kappa shape index (κ2) is 7.24. The van der Waals surface area contributed by atoms with Crippen LogP contribution in [-0.2, 0) is 9.47 Å². The molecular formula is C14H23NO2S. The smallest absolute Gasteiger partial charge is 0.0809 e. The summed E-state index contributed by atoms with van der Waals surface area (Å²) in [6, 6.07) is 4.78. The van der Waals surface area contributed by atoms with Crippen LogP contribution in [0.1, 0.15) is 35.6 Å². The van der Waals surface area contributed by atoms with Gasteiger partial charge in [0.1, 0.15) is 0 Å². The van der Waals surface area contributed by atoms with E-state index in [9.17, 15) is 0 Å². The highest BCUT2D eigenvalue weighted by Gasteiger charge is 2.15. The summed E-state index contributed by atoms with van der Waals surface area (Å²) >= 11 is 1.86. The number of nitrogens with one attached hydrogen (secondary N) is 1. The minimum atomic E-state index is 0.336. The SMILES string of the molecule is Cc1ccc([C@H](C)NCCOC[C@H]2CCCO2)s1. The Hall–Kier alpha value is -0.420. The molecule has 1 aliphatic heterocycles. The summed E-state index contributed by atoms with van der Waals surface area (Å²) < 4.78 is 11.1. The maximum atomic E-state index is 5.62. The predicted octanol–water partition coefficient (Wildman–Crippen LogP) is 2.90. The van der Waals surface area contributed by atoms with Gasteiger partial charge in [-0.05, 0) is 38.8 Å². The van der Waals surface area contributed by atoms with Gasteiger partial charge >= 0.3 is 0 Å². The van der Waals surface area contributed by atoms with Gasteiger partial charge in [0.2, 0.25) is 0 Å². The fourth-order valence-electron chi connectivity index (χ4n) is 2.12. The minimum Gasteiger partial charge on any atom is -0.377 e. The van der Waals surface area contributed by atoms with E-state index in [0.717, 1.165) is 32.8 Å². The van der Waals surface area contributed by atoms with E-state index in [2.05, 4.69) is 31.3 Å². The van der Waals surface area contributed by atoms with Gasteiger partial charge in [0.05, 0.1) is 19.3 Å². The van der Waals surface area contributed by atoms with E-state index in [-0.39, 0.29) is 0 Å². The molecule has 102 valence electrons. The molecule has 0 spiro atoms. The van der Waals surface area contributed by atoms with Crippen LogP contribution < -0.4 is 5.32 Å². The summed E-state index contributed by atoms with van der Waals surface area (Å²) in [5.74, 6) is 0. The van der Waals surface area contributed by atoms with E-state index in [0.29, 0.717) is 12.1 Å². The largest absolute Gasteiger partial charge is 0.377 e. The van der Waals surface area contributed by atoms with E-state index in [1.54, 1.807) is 0 Å². The molecule has 1 saturated heterocycles. The lowest BCUT2D eigenvalue weighted by Crippen LogP contribution is -2.24. The summed E-state index contributed by atoms with van der Waals surface area (Å²) in [7, 11) is 0. The van der Waals surface area contributed by atoms with Crippen molar-refractivity contribution in [2.24, 2.45) is 0 Å². The first-order chi connectivity index (χ1) is 8.75. The van der Waals surface area contributed by atoms with Gasteiger partial charge in [0.15, 0.2) is 0 Å². The van der Waals surface area contributed by atoms with Gasteiger partial charge in [0.25, 0.3) is 0 Å². The van der Waals surface area contributed by atoms with E-state index in [1.807, 2.05) is 11.3 Å². The van der Waals surface area contributed by atoms with Crippen LogP contribution in [0.25, 0.3) is 0 Å². The van der Waals surface area contributed by atoms with Crippen molar-refractivity contribution in [1.29, 1.82) is 0 Å². The summed E-state index contributed by atoms with van der Waals surface area (Å²) in [6.07, 6.45) is 2.67. The molecule has 0 amide bonds. The number of hydrogen-bond donors (Lipinski definition) is 1. The normalized spacial score (nSPS) is 21.3. The van der Waals surface area contributed by atoms with Crippen LogP contribution in [0, 0.1) is 6.92 Å². The van der Waals surface area contributed by atoms with Crippen molar-refractivity contribution in [1.82, 2.24) is 5.32 Å². The van der Waals surface area contributed by atoms with Crippen LogP contribution in [0.15, 0.2) is 12.1 Å². The van der Waals surface area contributed by atoms with E-state index < -0.39 is 0 Å². The monoisotopic (exact) mass is 269 g/mol. The molecule has 1 aliphatic rings. The highest BCUT2D eigenvalue weighted by atomic mass is 32.1. The number of rotatable bonds is 7. The summed E-state index contributed by atoms with van der Waals surface area (Å²) in [6.45, 7) is 7.64. The number of hydrogen-bond acceptors (Lipinski definition) is 4. The van der Waals surface area contributed by atoms with Gasteiger partial charge in [0, 0.05) is 28.9 Å². The maximum Gasteiger partial charge on any atom is 0.0809 e. The quantitative estimate of drug-likeness (QED) is 0.772. The van der Waals surface area contributed by atoms with Crippen LogP contribution in [0.4, 0.5) is 0 Å². The Morgan fingerprint density at radius 3 is 3.11 bits per heavy atom. The number of thiophene rings is 1. The van der Waals surface area contributed by atoms with Crippen LogP contribution in [-0.4, -0.2) is 32.5 Å². The van der Waals surface area contributed by atoms with Crippen molar-refractivity contribution in [3.8, 4) is 0 Å². The Morgan fingerprint density at radius 1 is 1.56 bits per heavy atom. The summed E-state index contributed by atoms with van der Waals surface area (Å²) in [4.78, 5) is 2.76. The molecule has 0 unspecified atom stereocenters. The van der Waals surface area contributed by atoms with Gasteiger partial charge in [-0.2, -0.15) is 0 Å². The standard InChI is InChI=1S/C14H23NO2S/c1-11-5-6-14(18-11)12(2)15-7-9-16-10-13-4-3-8-17-13/h5-6,12-13,15H,3-4,7-10H2,1-2H3/t12-,13+/m0/s1. The van der Waals surface area contributed by atoms with Crippen molar-refractivity contribution < 1.29 is 9.47 Å². The molecule has 1 N–H and O–H groups in total. The molecule has 0 bridgehead atoms. The Labute approximate surface area is 113 Å². The van der Waals surface area contributed by atoms with Crippen LogP contribution in [0.3, 0.4) is 0 Å². The van der Waals surface area contributed by atoms with Gasteiger partial charge < -0.3 is 14.8 Å². The van der Waals surface area contributed by atoms with Crippen molar-refractivity contribution >= 4 is 11.3 Å². The molecular weight excluding hydrogens is 246 g/mol. The fourth-order valence-corrected chi connectivity index (χ4v) is 3.03. The Bertz CT molecular complexity index is 347. The lowest BCUT2D eigenvalue weighted by atomic mass is 10.2. The van der Waals surface area contributed by atoms with Gasteiger partial charge in [-0.15, -0.1) is 11.3 Å². The van der Waals surface area contributed by atoms with Crippen molar-refractivity contribution in [2.45, 2.75) is 38.8 Å². The van der Waals surface area contributed by atoms with Gasteiger partial charge in [-0.3, -0.25) is 0 Å². The molecule has 1 aromatic rings. The average molecular weight is 269 g/mol. The van der Waals surface area contributed by atoms with Crippen molar-refractivity contribution in [3.05, 3.63) is 21.9 Å². The zero-order valence-electron chi connectivity index (χ0n) is 11.3. The van der Waals surface area contributed by atoms with E-state index in [4.69, 9.17) is 9.47 Å². The molecule has 0 radical (unpaired) electrons. The molecule has 1 aromatic heterocycles. The first kappa shape index (κ1) is 14.0. The molecule has 18 heavy (non-hydrogen) atoms. The molecule has 0 aromatic carbocycles. The Kier molecular flexibility index (Phi) is 5.63. The summed E-state index contributed by atoms with van der Waals surface area (Å²) in [5.41, 5.74) is 0. The molecule has 2 atom stereocenters.